The molecule has 104 valence electrons. The van der Waals surface area contributed by atoms with Crippen molar-refractivity contribution in [2.24, 2.45) is 0 Å². The van der Waals surface area contributed by atoms with Gasteiger partial charge in [0.25, 0.3) is 0 Å². The molecule has 3 nitrogen and oxygen atoms in total. The van der Waals surface area contributed by atoms with Gasteiger partial charge in [-0.3, -0.25) is 0 Å². The van der Waals surface area contributed by atoms with Crippen molar-refractivity contribution in [3.05, 3.63) is 35.4 Å². The second-order valence-electron chi connectivity index (χ2n) is 3.80. The van der Waals surface area contributed by atoms with Gasteiger partial charge < -0.3 is 9.47 Å². The van der Waals surface area contributed by atoms with E-state index in [1.807, 2.05) is 0 Å². The molecule has 0 saturated carbocycles. The van der Waals surface area contributed by atoms with Crippen LogP contribution >= 0.6 is 0 Å². The zero-order valence-corrected chi connectivity index (χ0v) is 10.5. The fraction of sp³-hybridized carbons (Fsp3) is 0.308. The van der Waals surface area contributed by atoms with E-state index in [2.05, 4.69) is 4.74 Å². The summed E-state index contributed by atoms with van der Waals surface area (Å²) in [6, 6.07) is 4.75. The van der Waals surface area contributed by atoms with E-state index in [0.29, 0.717) is 5.56 Å². The van der Waals surface area contributed by atoms with Crippen LogP contribution in [0.5, 0.6) is 5.75 Å². The van der Waals surface area contributed by atoms with Crippen LogP contribution in [0, 0.1) is 6.92 Å². The van der Waals surface area contributed by atoms with E-state index in [9.17, 15) is 18.0 Å². The quantitative estimate of drug-likeness (QED) is 0.625. The highest BCUT2D eigenvalue weighted by Crippen LogP contribution is 2.24. The Balaban J connectivity index is 2.91. The Morgan fingerprint density at radius 2 is 2.05 bits per heavy atom. The summed E-state index contributed by atoms with van der Waals surface area (Å²) in [4.78, 5) is 11.0. The Labute approximate surface area is 108 Å². The molecule has 0 spiro atoms. The van der Waals surface area contributed by atoms with Crippen LogP contribution in [0.2, 0.25) is 0 Å². The Morgan fingerprint density at radius 3 is 2.63 bits per heavy atom. The zero-order valence-electron chi connectivity index (χ0n) is 10.5. The molecule has 0 atom stereocenters. The van der Waals surface area contributed by atoms with Gasteiger partial charge in [-0.25, -0.2) is 4.79 Å². The van der Waals surface area contributed by atoms with Crippen LogP contribution in [0.1, 0.15) is 11.1 Å². The lowest BCUT2D eigenvalue weighted by Gasteiger charge is -2.12. The third-order valence-corrected chi connectivity index (χ3v) is 2.16. The first-order valence-corrected chi connectivity index (χ1v) is 5.38. The molecule has 0 aliphatic carbocycles. The van der Waals surface area contributed by atoms with Gasteiger partial charge in [-0.1, -0.05) is 12.1 Å². The Hall–Kier alpha value is -1.98. The van der Waals surface area contributed by atoms with E-state index >= 15 is 0 Å². The molecular formula is C13H13F3O3. The van der Waals surface area contributed by atoms with Crippen molar-refractivity contribution in [2.75, 3.05) is 13.7 Å². The van der Waals surface area contributed by atoms with Crippen molar-refractivity contribution in [1.29, 1.82) is 0 Å². The van der Waals surface area contributed by atoms with Crippen LogP contribution in [-0.4, -0.2) is 25.9 Å². The van der Waals surface area contributed by atoms with E-state index < -0.39 is 18.8 Å². The maximum atomic E-state index is 12.1. The first kappa shape index (κ1) is 15.1. The van der Waals surface area contributed by atoms with Gasteiger partial charge >= 0.3 is 12.1 Å². The van der Waals surface area contributed by atoms with Gasteiger partial charge in [0, 0.05) is 11.6 Å². The van der Waals surface area contributed by atoms with E-state index in [0.717, 1.165) is 11.6 Å². The lowest BCUT2D eigenvalue weighted by atomic mass is 10.1. The number of methoxy groups -OCH3 is 1. The van der Waals surface area contributed by atoms with Crippen LogP contribution in [0.15, 0.2) is 24.3 Å². The Bertz CT molecular complexity index is 479. The second-order valence-corrected chi connectivity index (χ2v) is 3.80. The first-order chi connectivity index (χ1) is 8.81. The third-order valence-electron chi connectivity index (χ3n) is 2.16. The maximum absolute atomic E-state index is 12.1. The van der Waals surface area contributed by atoms with Crippen molar-refractivity contribution in [3.8, 4) is 5.75 Å². The average Bonchev–Trinajstić information content (AvgIpc) is 2.33. The van der Waals surface area contributed by atoms with Gasteiger partial charge in [0.2, 0.25) is 0 Å². The molecule has 0 N–H and O–H groups in total. The van der Waals surface area contributed by atoms with Gasteiger partial charge in [0.15, 0.2) is 6.61 Å². The second kappa shape index (κ2) is 6.26. The minimum absolute atomic E-state index is 0.0671. The number of carbonyl (C=O) groups is 1. The van der Waals surface area contributed by atoms with Crippen LogP contribution in [0.25, 0.3) is 6.08 Å². The number of hydrogen-bond donors (Lipinski definition) is 0. The predicted molar refractivity (Wildman–Crippen MR) is 63.8 cm³/mol. The largest absolute Gasteiger partial charge is 0.483 e. The molecule has 0 heterocycles. The van der Waals surface area contributed by atoms with Gasteiger partial charge in [0.1, 0.15) is 5.75 Å². The number of ether oxygens (including phenoxy) is 2. The van der Waals surface area contributed by atoms with Crippen molar-refractivity contribution in [2.45, 2.75) is 13.1 Å². The van der Waals surface area contributed by atoms with Crippen molar-refractivity contribution in [3.63, 3.8) is 0 Å². The standard InChI is InChI=1S/C13H13F3O3/c1-9-3-4-10(5-6-12(17)18-2)11(7-9)19-8-13(14,15)16/h3-7H,8H2,1-2H3. The smallest absolute Gasteiger partial charge is 0.422 e. The number of carbonyl (C=O) groups excluding carboxylic acids is 1. The number of halogens is 3. The molecule has 0 unspecified atom stereocenters. The Kier molecular flexibility index (Phi) is 4.97. The number of rotatable bonds is 4. The summed E-state index contributed by atoms with van der Waals surface area (Å²) in [5, 5.41) is 0. The van der Waals surface area contributed by atoms with E-state index in [-0.39, 0.29) is 5.75 Å². The molecule has 1 rings (SSSR count). The number of esters is 1. The monoisotopic (exact) mass is 274 g/mol. The predicted octanol–water partition coefficient (Wildman–Crippen LogP) is 3.12. The summed E-state index contributed by atoms with van der Waals surface area (Å²) >= 11 is 0. The van der Waals surface area contributed by atoms with Crippen LogP contribution in [-0.2, 0) is 9.53 Å². The highest BCUT2D eigenvalue weighted by atomic mass is 19.4. The van der Waals surface area contributed by atoms with Crippen LogP contribution < -0.4 is 4.74 Å². The number of hydrogen-bond acceptors (Lipinski definition) is 3. The molecule has 0 fully saturated rings. The zero-order chi connectivity index (χ0) is 14.5. The fourth-order valence-electron chi connectivity index (χ4n) is 1.29. The highest BCUT2D eigenvalue weighted by molar-refractivity contribution is 5.87. The molecule has 1 aromatic carbocycles. The van der Waals surface area contributed by atoms with E-state index in [1.165, 1.54) is 19.3 Å². The molecule has 0 radical (unpaired) electrons. The van der Waals surface area contributed by atoms with Crippen LogP contribution in [0.3, 0.4) is 0 Å². The summed E-state index contributed by atoms with van der Waals surface area (Å²) in [6.45, 7) is 0.351. The number of benzene rings is 1. The fourth-order valence-corrected chi connectivity index (χ4v) is 1.29. The molecule has 0 bridgehead atoms. The topological polar surface area (TPSA) is 35.5 Å². The summed E-state index contributed by atoms with van der Waals surface area (Å²) in [6.07, 6.45) is -1.95. The molecule has 19 heavy (non-hydrogen) atoms. The molecule has 6 heteroatoms. The summed E-state index contributed by atoms with van der Waals surface area (Å²) in [7, 11) is 1.21. The summed E-state index contributed by atoms with van der Waals surface area (Å²) in [5.41, 5.74) is 1.13. The molecule has 0 aliphatic heterocycles. The number of aryl methyl sites for hydroxylation is 1. The third kappa shape index (κ3) is 5.46. The van der Waals surface area contributed by atoms with E-state index in [1.54, 1.807) is 19.1 Å². The number of alkyl halides is 3. The lowest BCUT2D eigenvalue weighted by Crippen LogP contribution is -2.19. The summed E-state index contributed by atoms with van der Waals surface area (Å²) < 4.78 is 45.5. The van der Waals surface area contributed by atoms with E-state index in [4.69, 9.17) is 4.74 Å². The maximum Gasteiger partial charge on any atom is 0.422 e. The molecule has 0 aliphatic rings. The van der Waals surface area contributed by atoms with Gasteiger partial charge in [0.05, 0.1) is 7.11 Å². The van der Waals surface area contributed by atoms with Gasteiger partial charge in [-0.05, 0) is 24.6 Å². The minimum Gasteiger partial charge on any atom is -0.483 e. The molecule has 1 aromatic rings. The molecular weight excluding hydrogens is 261 g/mol. The highest BCUT2D eigenvalue weighted by Gasteiger charge is 2.28. The molecule has 0 saturated heterocycles. The lowest BCUT2D eigenvalue weighted by molar-refractivity contribution is -0.153. The average molecular weight is 274 g/mol. The first-order valence-electron chi connectivity index (χ1n) is 5.38. The van der Waals surface area contributed by atoms with Crippen LogP contribution in [0.4, 0.5) is 13.2 Å². The molecule has 0 amide bonds. The Morgan fingerprint density at radius 1 is 1.37 bits per heavy atom. The summed E-state index contributed by atoms with van der Waals surface area (Å²) in [5.74, 6) is -0.528. The van der Waals surface area contributed by atoms with Crippen molar-refractivity contribution >= 4 is 12.0 Å². The van der Waals surface area contributed by atoms with Gasteiger partial charge in [-0.2, -0.15) is 13.2 Å². The SMILES string of the molecule is COC(=O)C=Cc1ccc(C)cc1OCC(F)(F)F. The van der Waals surface area contributed by atoms with Crippen molar-refractivity contribution < 1.29 is 27.4 Å². The minimum atomic E-state index is -4.41. The van der Waals surface area contributed by atoms with Gasteiger partial charge in [-0.15, -0.1) is 0 Å². The normalized spacial score (nSPS) is 11.6. The van der Waals surface area contributed by atoms with Crippen molar-refractivity contribution in [1.82, 2.24) is 0 Å². The molecule has 0 aromatic heterocycles.